The van der Waals surface area contributed by atoms with E-state index in [0.717, 1.165) is 36.5 Å². The average molecular weight is 1050 g/mol. The summed E-state index contributed by atoms with van der Waals surface area (Å²) in [5.41, 5.74) is 9.67. The smallest absolute Gasteiger partial charge is 0.0343 e. The minimum atomic E-state index is 0.485. The third-order valence-electron chi connectivity index (χ3n) is 14.2. The fraction of sp³-hybridized carbons (Fsp3) is 0.647. The number of hydrogen-bond acceptors (Lipinski definition) is 8. The molecule has 8 unspecified atom stereocenters. The minimum absolute atomic E-state index is 0.485. The van der Waals surface area contributed by atoms with Gasteiger partial charge in [0.15, 0.2) is 0 Å². The van der Waals surface area contributed by atoms with Gasteiger partial charge in [-0.15, -0.1) is 0 Å². The highest BCUT2D eigenvalue weighted by molar-refractivity contribution is 5.57. The maximum atomic E-state index is 3.70. The second-order valence-electron chi connectivity index (χ2n) is 23.8. The number of benzene rings is 4. The Kier molecular flexibility index (Phi) is 36.9. The fourth-order valence-corrected chi connectivity index (χ4v) is 8.40. The lowest BCUT2D eigenvalue weighted by molar-refractivity contribution is 0.461. The third-order valence-corrected chi connectivity index (χ3v) is 14.2. The molecule has 4 aromatic carbocycles. The number of nitrogens with one attached hydrogen (secondary N) is 8. The second-order valence-corrected chi connectivity index (χ2v) is 23.8. The molecule has 8 N–H and O–H groups in total. The zero-order chi connectivity index (χ0) is 57.0. The Labute approximate surface area is 470 Å². The molecule has 0 aliphatic rings. The van der Waals surface area contributed by atoms with Gasteiger partial charge in [-0.1, -0.05) is 95.9 Å². The van der Waals surface area contributed by atoms with Gasteiger partial charge in [0.1, 0.15) is 0 Å². The number of anilines is 8. The summed E-state index contributed by atoms with van der Waals surface area (Å²) in [4.78, 5) is 0. The van der Waals surface area contributed by atoms with Gasteiger partial charge >= 0.3 is 0 Å². The Morgan fingerprint density at radius 1 is 0.250 bits per heavy atom. The second kappa shape index (κ2) is 40.5. The summed E-state index contributed by atoms with van der Waals surface area (Å²) in [5.74, 6) is 3.13. The van der Waals surface area contributed by atoms with Gasteiger partial charge in [-0.25, -0.2) is 0 Å². The molecule has 0 bridgehead atoms. The highest BCUT2D eigenvalue weighted by Gasteiger charge is 2.13. The van der Waals surface area contributed by atoms with E-state index in [0.29, 0.717) is 48.3 Å². The monoisotopic (exact) mass is 1050 g/mol. The van der Waals surface area contributed by atoms with E-state index in [-0.39, 0.29) is 0 Å². The third kappa shape index (κ3) is 34.1. The summed E-state index contributed by atoms with van der Waals surface area (Å²) in [7, 11) is 0. The lowest BCUT2D eigenvalue weighted by atomic mass is 9.97. The van der Waals surface area contributed by atoms with Crippen LogP contribution in [0, 0.1) is 23.7 Å². The van der Waals surface area contributed by atoms with Gasteiger partial charge in [0, 0.05) is 93.8 Å². The fourth-order valence-electron chi connectivity index (χ4n) is 8.40. The molecule has 8 atom stereocenters. The van der Waals surface area contributed by atoms with E-state index in [9.17, 15) is 0 Å². The molecule has 76 heavy (non-hydrogen) atoms. The van der Waals surface area contributed by atoms with Crippen LogP contribution in [0.5, 0.6) is 0 Å². The summed E-state index contributed by atoms with van der Waals surface area (Å²) in [6.45, 7) is 44.8. The Morgan fingerprint density at radius 3 is 0.671 bits per heavy atom. The molecular formula is C68H120N8. The maximum absolute atomic E-state index is 3.70. The highest BCUT2D eigenvalue weighted by Crippen LogP contribution is 2.24. The van der Waals surface area contributed by atoms with Gasteiger partial charge < -0.3 is 42.5 Å². The van der Waals surface area contributed by atoms with Crippen LogP contribution in [0.3, 0.4) is 0 Å². The molecule has 432 valence electrons. The lowest BCUT2D eigenvalue weighted by Gasteiger charge is -2.23. The van der Waals surface area contributed by atoms with Crippen molar-refractivity contribution in [3.8, 4) is 0 Å². The van der Waals surface area contributed by atoms with Crippen molar-refractivity contribution in [3.63, 3.8) is 0 Å². The quantitative estimate of drug-likeness (QED) is 0.0245. The first-order valence-electron chi connectivity index (χ1n) is 30.6. The highest BCUT2D eigenvalue weighted by atomic mass is 15.0. The zero-order valence-corrected chi connectivity index (χ0v) is 52.7. The van der Waals surface area contributed by atoms with Crippen LogP contribution >= 0.6 is 0 Å². The van der Waals surface area contributed by atoms with Crippen LogP contribution < -0.4 is 42.5 Å². The maximum Gasteiger partial charge on any atom is 0.0343 e. The molecule has 0 aromatic heterocycles. The molecule has 0 amide bonds. The van der Waals surface area contributed by atoms with Crippen molar-refractivity contribution in [1.82, 2.24) is 0 Å². The molecular weight excluding hydrogens is 929 g/mol. The van der Waals surface area contributed by atoms with Crippen LogP contribution in [0.4, 0.5) is 45.5 Å². The van der Waals surface area contributed by atoms with Gasteiger partial charge in [0.2, 0.25) is 0 Å². The normalized spacial score (nSPS) is 14.2. The minimum Gasteiger partial charge on any atom is -0.383 e. The molecule has 0 radical (unpaired) electrons. The van der Waals surface area contributed by atoms with Gasteiger partial charge in [-0.2, -0.15) is 0 Å². The summed E-state index contributed by atoms with van der Waals surface area (Å²) in [6, 6.07) is 38.8. The molecule has 0 aliphatic heterocycles. The summed E-state index contributed by atoms with van der Waals surface area (Å²) in [5, 5.41) is 28.2. The molecule has 0 saturated heterocycles. The number of hydrogen-bond donors (Lipinski definition) is 8. The predicted molar refractivity (Wildman–Crippen MR) is 348 cm³/mol. The van der Waals surface area contributed by atoms with Crippen molar-refractivity contribution in [3.05, 3.63) is 97.1 Å². The van der Waals surface area contributed by atoms with Crippen molar-refractivity contribution >= 4 is 45.5 Å². The Bertz CT molecular complexity index is 1800. The Hall–Kier alpha value is -4.72. The van der Waals surface area contributed by atoms with E-state index < -0.39 is 0 Å². The molecule has 0 saturated carbocycles. The molecule has 8 nitrogen and oxygen atoms in total. The molecule has 4 aromatic rings. The Morgan fingerprint density at radius 2 is 0.474 bits per heavy atom. The van der Waals surface area contributed by atoms with Crippen molar-refractivity contribution in [1.29, 1.82) is 0 Å². The van der Waals surface area contributed by atoms with E-state index in [1.54, 1.807) is 0 Å². The molecule has 0 spiro atoms. The molecule has 4 rings (SSSR count). The van der Waals surface area contributed by atoms with Crippen LogP contribution in [-0.4, -0.2) is 48.3 Å². The predicted octanol–water partition coefficient (Wildman–Crippen LogP) is 20.5. The van der Waals surface area contributed by atoms with Crippen molar-refractivity contribution < 1.29 is 0 Å². The first-order valence-corrected chi connectivity index (χ1v) is 30.6. The van der Waals surface area contributed by atoms with Gasteiger partial charge in [0.05, 0.1) is 0 Å². The summed E-state index contributed by atoms with van der Waals surface area (Å²) < 4.78 is 0. The first kappa shape index (κ1) is 69.3. The van der Waals surface area contributed by atoms with Crippen molar-refractivity contribution in [2.45, 2.75) is 264 Å². The molecule has 0 aliphatic carbocycles. The zero-order valence-electron chi connectivity index (χ0n) is 52.7. The SMILES string of the molecule is CC(C)CCC(C)Nc1ccc(NC(C)CCC(C)C)cc1.CC(C)Nc1ccc(NC(C)C)cc1.CCC(C)CC(CC)Nc1ccc(NC(CC)CC(C)CC)cc1.CCC(C)Nc1ccc(NC(C)CC)cc1. The summed E-state index contributed by atoms with van der Waals surface area (Å²) >= 11 is 0. The van der Waals surface area contributed by atoms with Crippen LogP contribution in [0.1, 0.15) is 216 Å². The van der Waals surface area contributed by atoms with Crippen LogP contribution in [0.2, 0.25) is 0 Å². The van der Waals surface area contributed by atoms with Gasteiger partial charge in [0.25, 0.3) is 0 Å². The van der Waals surface area contributed by atoms with Gasteiger partial charge in [-0.05, 0) is 240 Å². The van der Waals surface area contributed by atoms with E-state index in [4.69, 9.17) is 0 Å². The molecule has 0 heterocycles. The summed E-state index contributed by atoms with van der Waals surface area (Å²) in [6.07, 6.45) is 14.7. The van der Waals surface area contributed by atoms with Gasteiger partial charge in [-0.3, -0.25) is 0 Å². The number of rotatable bonds is 32. The van der Waals surface area contributed by atoms with E-state index in [1.807, 2.05) is 0 Å². The standard InChI is InChI=1S/C22H40N2.C20H36N2.C14H24N2.C12H20N2/c1-7-17(5)15-19(9-3)23-21-11-13-22(14-12-21)24-20(10-4)16-18(6)8-2;1-15(2)7-9-17(5)21-19-11-13-20(14-12-19)22-18(6)10-8-16(3)4;1-5-11(3)15-13-7-9-14(10-8-13)16-12(4)6-2;1-9(2)13-11-5-7-12(8-6-11)14-10(3)4/h11-14,17-20,23-24H,7-10,15-16H2,1-6H3;11-18,21-22H,7-10H2,1-6H3;7-12,15-16H,5-6H2,1-4H3;5-10,13-14H,1-4H3. The van der Waals surface area contributed by atoms with E-state index >= 15 is 0 Å². The van der Waals surface area contributed by atoms with E-state index in [2.05, 4.69) is 278 Å². The van der Waals surface area contributed by atoms with Crippen molar-refractivity contribution in [2.75, 3.05) is 42.5 Å². The topological polar surface area (TPSA) is 96.2 Å². The van der Waals surface area contributed by atoms with Crippen LogP contribution in [-0.2, 0) is 0 Å². The largest absolute Gasteiger partial charge is 0.383 e. The average Bonchev–Trinajstić information content (AvgIpc) is 3.39. The Balaban J connectivity index is 0.000000517. The van der Waals surface area contributed by atoms with E-state index in [1.165, 1.54) is 110 Å². The lowest BCUT2D eigenvalue weighted by Crippen LogP contribution is -2.22. The molecule has 0 fully saturated rings. The first-order chi connectivity index (χ1) is 36.1. The van der Waals surface area contributed by atoms with Crippen LogP contribution in [0.15, 0.2) is 97.1 Å². The van der Waals surface area contributed by atoms with Crippen LogP contribution in [0.25, 0.3) is 0 Å². The van der Waals surface area contributed by atoms with Crippen molar-refractivity contribution in [2.24, 2.45) is 23.7 Å². The molecule has 8 heteroatoms.